The Labute approximate surface area is 130 Å². The molecule has 0 unspecified atom stereocenters. The number of aryl methyl sites for hydroxylation is 1. The topological polar surface area (TPSA) is 79.6 Å². The molecule has 0 aliphatic rings. The van der Waals surface area contributed by atoms with Gasteiger partial charge < -0.3 is 15.3 Å². The first-order chi connectivity index (χ1) is 10.0. The molecule has 0 fully saturated rings. The minimum absolute atomic E-state index is 0.285. The van der Waals surface area contributed by atoms with Crippen molar-refractivity contribution in [3.8, 4) is 0 Å². The second-order valence-corrected chi connectivity index (χ2v) is 5.59. The SMILES string of the molecule is Nc1cc(=O)[nH]c(=S)n1CCc1c[nH]c2ccc(Cl)cc12. The van der Waals surface area contributed by atoms with Crippen molar-refractivity contribution in [1.82, 2.24) is 14.5 Å². The Kier molecular flexibility index (Phi) is 3.57. The smallest absolute Gasteiger partial charge is 0.253 e. The third-order valence-corrected chi connectivity index (χ3v) is 3.96. The summed E-state index contributed by atoms with van der Waals surface area (Å²) in [5.74, 6) is 0.363. The summed E-state index contributed by atoms with van der Waals surface area (Å²) in [6.07, 6.45) is 2.68. The van der Waals surface area contributed by atoms with Crippen LogP contribution in [0.5, 0.6) is 0 Å². The first-order valence-corrected chi connectivity index (χ1v) is 7.18. The number of halogens is 1. The van der Waals surface area contributed by atoms with Crippen LogP contribution in [0.25, 0.3) is 10.9 Å². The van der Waals surface area contributed by atoms with Crippen LogP contribution in [-0.4, -0.2) is 14.5 Å². The second-order valence-electron chi connectivity index (χ2n) is 4.77. The van der Waals surface area contributed by atoms with Gasteiger partial charge in [0.15, 0.2) is 4.77 Å². The van der Waals surface area contributed by atoms with E-state index in [-0.39, 0.29) is 5.56 Å². The molecule has 5 nitrogen and oxygen atoms in total. The molecule has 0 amide bonds. The number of nitrogen functional groups attached to an aromatic ring is 1. The first kappa shape index (κ1) is 13.9. The van der Waals surface area contributed by atoms with E-state index < -0.39 is 0 Å². The number of rotatable bonds is 3. The quantitative estimate of drug-likeness (QED) is 0.649. The normalized spacial score (nSPS) is 11.1. The van der Waals surface area contributed by atoms with Crippen LogP contribution in [0.15, 0.2) is 35.3 Å². The second kappa shape index (κ2) is 5.38. The number of nitrogens with zero attached hydrogens (tertiary/aromatic N) is 1. The molecule has 0 atom stereocenters. The van der Waals surface area contributed by atoms with Gasteiger partial charge in [-0.2, -0.15) is 0 Å². The number of hydrogen-bond acceptors (Lipinski definition) is 3. The minimum atomic E-state index is -0.285. The van der Waals surface area contributed by atoms with E-state index in [1.165, 1.54) is 6.07 Å². The van der Waals surface area contributed by atoms with Crippen molar-refractivity contribution in [3.63, 3.8) is 0 Å². The van der Waals surface area contributed by atoms with Crippen LogP contribution in [0.3, 0.4) is 0 Å². The van der Waals surface area contributed by atoms with Crippen molar-refractivity contribution in [2.24, 2.45) is 0 Å². The van der Waals surface area contributed by atoms with E-state index in [0.717, 1.165) is 22.9 Å². The molecule has 0 spiro atoms. The van der Waals surface area contributed by atoms with Gasteiger partial charge in [0, 0.05) is 34.7 Å². The van der Waals surface area contributed by atoms with Gasteiger partial charge in [-0.25, -0.2) is 0 Å². The van der Waals surface area contributed by atoms with E-state index in [1.807, 2.05) is 24.4 Å². The molecule has 7 heteroatoms. The molecule has 0 aliphatic heterocycles. The molecule has 2 heterocycles. The fourth-order valence-electron chi connectivity index (χ4n) is 2.36. The summed E-state index contributed by atoms with van der Waals surface area (Å²) in [5.41, 5.74) is 7.72. The fraction of sp³-hybridized carbons (Fsp3) is 0.143. The maximum absolute atomic E-state index is 11.3. The average molecular weight is 321 g/mol. The molecule has 0 radical (unpaired) electrons. The Morgan fingerprint density at radius 1 is 1.33 bits per heavy atom. The zero-order valence-electron chi connectivity index (χ0n) is 11.0. The summed E-state index contributed by atoms with van der Waals surface area (Å²) >= 11 is 11.2. The van der Waals surface area contributed by atoms with Gasteiger partial charge >= 0.3 is 0 Å². The molecule has 0 bridgehead atoms. The van der Waals surface area contributed by atoms with Crippen LogP contribution >= 0.6 is 23.8 Å². The summed E-state index contributed by atoms with van der Waals surface area (Å²) in [7, 11) is 0. The van der Waals surface area contributed by atoms with E-state index >= 15 is 0 Å². The van der Waals surface area contributed by atoms with Crippen molar-refractivity contribution in [3.05, 3.63) is 56.2 Å². The van der Waals surface area contributed by atoms with Gasteiger partial charge in [0.2, 0.25) is 0 Å². The van der Waals surface area contributed by atoms with Crippen LogP contribution in [0, 0.1) is 4.77 Å². The van der Waals surface area contributed by atoms with Crippen LogP contribution in [0.2, 0.25) is 5.02 Å². The highest BCUT2D eigenvalue weighted by Crippen LogP contribution is 2.23. The first-order valence-electron chi connectivity index (χ1n) is 6.40. The number of anilines is 1. The predicted molar refractivity (Wildman–Crippen MR) is 87.3 cm³/mol. The lowest BCUT2D eigenvalue weighted by Gasteiger charge is -2.09. The highest BCUT2D eigenvalue weighted by molar-refractivity contribution is 7.71. The Morgan fingerprint density at radius 3 is 2.90 bits per heavy atom. The molecule has 1 aromatic carbocycles. The number of nitrogens with one attached hydrogen (secondary N) is 2. The fourth-order valence-corrected chi connectivity index (χ4v) is 2.83. The maximum Gasteiger partial charge on any atom is 0.253 e. The van der Waals surface area contributed by atoms with E-state index in [4.69, 9.17) is 29.6 Å². The number of nitrogens with two attached hydrogens (primary N) is 1. The summed E-state index contributed by atoms with van der Waals surface area (Å²) in [4.78, 5) is 17.0. The largest absolute Gasteiger partial charge is 0.385 e. The summed E-state index contributed by atoms with van der Waals surface area (Å²) in [6.45, 7) is 0.584. The maximum atomic E-state index is 11.3. The standard InChI is InChI=1S/C14H13ClN4OS/c15-9-1-2-11-10(5-9)8(7-17-11)3-4-19-12(16)6-13(20)18-14(19)21/h1-2,5-7,17H,3-4,16H2,(H,18,20,21). The highest BCUT2D eigenvalue weighted by atomic mass is 35.5. The average Bonchev–Trinajstić information content (AvgIpc) is 2.80. The summed E-state index contributed by atoms with van der Waals surface area (Å²) in [5, 5.41) is 1.78. The van der Waals surface area contributed by atoms with Gasteiger partial charge in [-0.1, -0.05) is 11.6 Å². The van der Waals surface area contributed by atoms with Crippen LogP contribution < -0.4 is 11.3 Å². The number of fused-ring (bicyclic) bond motifs is 1. The zero-order valence-corrected chi connectivity index (χ0v) is 12.6. The van der Waals surface area contributed by atoms with E-state index in [9.17, 15) is 4.79 Å². The van der Waals surface area contributed by atoms with Crippen LogP contribution in [-0.2, 0) is 13.0 Å². The summed E-state index contributed by atoms with van der Waals surface area (Å²) < 4.78 is 2.04. The van der Waals surface area contributed by atoms with E-state index in [1.54, 1.807) is 4.57 Å². The molecule has 4 N–H and O–H groups in total. The monoisotopic (exact) mass is 320 g/mol. The van der Waals surface area contributed by atoms with Crippen LogP contribution in [0.4, 0.5) is 5.82 Å². The lowest BCUT2D eigenvalue weighted by Crippen LogP contribution is -2.17. The van der Waals surface area contributed by atoms with Gasteiger partial charge in [0.1, 0.15) is 5.82 Å². The third kappa shape index (κ3) is 2.72. The van der Waals surface area contributed by atoms with Gasteiger partial charge in [-0.3, -0.25) is 9.78 Å². The predicted octanol–water partition coefficient (Wildman–Crippen LogP) is 2.87. The molecule has 0 saturated carbocycles. The number of aromatic amines is 2. The Bertz CT molecular complexity index is 925. The number of aromatic nitrogens is 3. The molecule has 3 aromatic rings. The minimum Gasteiger partial charge on any atom is -0.385 e. The van der Waals surface area contributed by atoms with E-state index in [2.05, 4.69) is 9.97 Å². The third-order valence-electron chi connectivity index (χ3n) is 3.40. The number of H-pyrrole nitrogens is 2. The highest BCUT2D eigenvalue weighted by Gasteiger charge is 2.06. The molecule has 108 valence electrons. The zero-order chi connectivity index (χ0) is 15.0. The van der Waals surface area contributed by atoms with Crippen molar-refractivity contribution in [2.75, 3.05) is 5.73 Å². The number of hydrogen-bond donors (Lipinski definition) is 3. The summed E-state index contributed by atoms with van der Waals surface area (Å²) in [6, 6.07) is 7.06. The Morgan fingerprint density at radius 2 is 2.14 bits per heavy atom. The molecule has 2 aromatic heterocycles. The van der Waals surface area contributed by atoms with Crippen molar-refractivity contribution >= 4 is 40.5 Å². The van der Waals surface area contributed by atoms with Gasteiger partial charge in [0.05, 0.1) is 0 Å². The molecule has 21 heavy (non-hydrogen) atoms. The van der Waals surface area contributed by atoms with Crippen molar-refractivity contribution < 1.29 is 0 Å². The van der Waals surface area contributed by atoms with Gasteiger partial charge in [-0.15, -0.1) is 0 Å². The Hall–Kier alpha value is -2.05. The van der Waals surface area contributed by atoms with E-state index in [0.29, 0.717) is 22.2 Å². The van der Waals surface area contributed by atoms with Gasteiger partial charge in [0.25, 0.3) is 5.56 Å². The molecule has 0 aliphatic carbocycles. The number of benzene rings is 1. The molecular formula is C14H13ClN4OS. The molecule has 0 saturated heterocycles. The van der Waals surface area contributed by atoms with Crippen molar-refractivity contribution in [1.29, 1.82) is 0 Å². The Balaban J connectivity index is 1.92. The lowest BCUT2D eigenvalue weighted by atomic mass is 10.1. The molecule has 3 rings (SSSR count). The van der Waals surface area contributed by atoms with Gasteiger partial charge in [-0.05, 0) is 42.4 Å². The van der Waals surface area contributed by atoms with Crippen LogP contribution in [0.1, 0.15) is 5.56 Å². The molecular weight excluding hydrogens is 308 g/mol. The van der Waals surface area contributed by atoms with Crippen molar-refractivity contribution in [2.45, 2.75) is 13.0 Å². The lowest BCUT2D eigenvalue weighted by molar-refractivity contribution is 0.674.